The molecule has 3 aromatic rings. The van der Waals surface area contributed by atoms with Gasteiger partial charge in [0, 0.05) is 44.8 Å². The minimum Gasteiger partial charge on any atom is -0.368 e. The lowest BCUT2D eigenvalue weighted by Gasteiger charge is -2.36. The Balaban J connectivity index is 1.21. The number of aromatic amines is 1. The van der Waals surface area contributed by atoms with E-state index in [-0.39, 0.29) is 30.6 Å². The van der Waals surface area contributed by atoms with Crippen LogP contribution in [0.15, 0.2) is 47.8 Å². The van der Waals surface area contributed by atoms with Crippen LogP contribution in [0.5, 0.6) is 0 Å². The fourth-order valence-corrected chi connectivity index (χ4v) is 4.09. The molecule has 4 rings (SSSR count). The number of halogens is 1. The Bertz CT molecular complexity index is 995. The Kier molecular flexibility index (Phi) is 6.08. The third-order valence-corrected chi connectivity index (χ3v) is 5.95. The molecule has 0 spiro atoms. The quantitative estimate of drug-likeness (QED) is 0.634. The number of hydrogen-bond acceptors (Lipinski definition) is 5. The summed E-state index contributed by atoms with van der Waals surface area (Å²) in [6.45, 7) is 2.86. The lowest BCUT2D eigenvalue weighted by Crippen LogP contribution is -2.49. The Morgan fingerprint density at radius 2 is 1.90 bits per heavy atom. The van der Waals surface area contributed by atoms with Gasteiger partial charge in [0.15, 0.2) is 5.69 Å². The summed E-state index contributed by atoms with van der Waals surface area (Å²) in [5, 5.41) is 11.6. The molecule has 2 aromatic heterocycles. The van der Waals surface area contributed by atoms with Crippen LogP contribution < -0.4 is 10.2 Å². The van der Waals surface area contributed by atoms with Crippen molar-refractivity contribution < 1.29 is 14.0 Å². The third kappa shape index (κ3) is 4.68. The summed E-state index contributed by atoms with van der Waals surface area (Å²) in [7, 11) is 0. The largest absolute Gasteiger partial charge is 0.368 e. The Morgan fingerprint density at radius 3 is 2.60 bits per heavy atom. The number of amides is 2. The van der Waals surface area contributed by atoms with Gasteiger partial charge in [-0.25, -0.2) is 4.39 Å². The summed E-state index contributed by atoms with van der Waals surface area (Å²) >= 11 is 1.56. The van der Waals surface area contributed by atoms with E-state index >= 15 is 0 Å². The summed E-state index contributed by atoms with van der Waals surface area (Å²) in [5.74, 6) is -0.550. The van der Waals surface area contributed by atoms with Gasteiger partial charge in [0.1, 0.15) is 5.82 Å². The zero-order valence-electron chi connectivity index (χ0n) is 16.3. The number of H-pyrrole nitrogens is 1. The van der Waals surface area contributed by atoms with E-state index < -0.39 is 0 Å². The molecule has 156 valence electrons. The molecule has 2 amide bonds. The van der Waals surface area contributed by atoms with Crippen LogP contribution in [0.4, 0.5) is 10.1 Å². The smallest absolute Gasteiger partial charge is 0.271 e. The lowest BCUT2D eigenvalue weighted by molar-refractivity contribution is -0.131. The first kappa shape index (κ1) is 20.1. The van der Waals surface area contributed by atoms with Crippen LogP contribution in [0.2, 0.25) is 0 Å². The summed E-state index contributed by atoms with van der Waals surface area (Å²) in [6.07, 6.45) is 0.241. The highest BCUT2D eigenvalue weighted by Gasteiger charge is 2.21. The molecule has 0 bridgehead atoms. The molecule has 0 saturated carbocycles. The molecule has 1 aromatic carbocycles. The number of carbonyl (C=O) groups excluding carboxylic acids is 2. The van der Waals surface area contributed by atoms with Crippen LogP contribution >= 0.6 is 11.3 Å². The molecule has 3 heterocycles. The van der Waals surface area contributed by atoms with Gasteiger partial charge in [-0.2, -0.15) is 5.10 Å². The van der Waals surface area contributed by atoms with Crippen LogP contribution in [0.1, 0.15) is 16.9 Å². The normalized spacial score (nSPS) is 14.0. The van der Waals surface area contributed by atoms with Gasteiger partial charge in [0.25, 0.3) is 5.91 Å². The number of nitrogens with one attached hydrogen (secondary N) is 2. The zero-order chi connectivity index (χ0) is 20.9. The number of aromatic nitrogens is 2. The highest BCUT2D eigenvalue weighted by Crippen LogP contribution is 2.23. The molecule has 0 atom stereocenters. The number of benzene rings is 1. The molecule has 1 saturated heterocycles. The highest BCUT2D eigenvalue weighted by atomic mass is 32.1. The fraction of sp³-hybridized carbons (Fsp3) is 0.286. The maximum absolute atomic E-state index is 13.1. The molecule has 30 heavy (non-hydrogen) atoms. The van der Waals surface area contributed by atoms with E-state index in [1.54, 1.807) is 34.4 Å². The first-order valence-electron chi connectivity index (χ1n) is 9.76. The monoisotopic (exact) mass is 427 g/mol. The molecule has 1 aliphatic heterocycles. The molecule has 2 N–H and O–H groups in total. The first-order chi connectivity index (χ1) is 14.6. The number of piperazine rings is 1. The average molecular weight is 428 g/mol. The van der Waals surface area contributed by atoms with Crippen molar-refractivity contribution in [2.75, 3.05) is 37.6 Å². The van der Waals surface area contributed by atoms with Crippen molar-refractivity contribution in [3.05, 3.63) is 59.4 Å². The fourth-order valence-electron chi connectivity index (χ4n) is 3.39. The van der Waals surface area contributed by atoms with E-state index in [9.17, 15) is 14.0 Å². The standard InChI is InChI=1S/C21H22FN5O2S/c22-15-3-5-16(6-4-15)26-9-11-27(12-10-26)20(28)7-8-23-21(29)18-14-17(24-25-18)19-2-1-13-30-19/h1-6,13-14H,7-12H2,(H,23,29)(H,24,25). The van der Waals surface area contributed by atoms with Crippen molar-refractivity contribution in [2.45, 2.75) is 6.42 Å². The molecular weight excluding hydrogens is 405 g/mol. The second-order valence-corrected chi connectivity index (χ2v) is 7.94. The average Bonchev–Trinajstić information content (AvgIpc) is 3.46. The number of anilines is 1. The van der Waals surface area contributed by atoms with Gasteiger partial charge in [-0.3, -0.25) is 14.7 Å². The van der Waals surface area contributed by atoms with Crippen LogP contribution in [-0.2, 0) is 4.79 Å². The van der Waals surface area contributed by atoms with Crippen LogP contribution in [0.3, 0.4) is 0 Å². The summed E-state index contributed by atoms with van der Waals surface area (Å²) in [6, 6.07) is 12.0. The predicted octanol–water partition coefficient (Wildman–Crippen LogP) is 2.75. The molecule has 9 heteroatoms. The number of rotatable bonds is 6. The van der Waals surface area contributed by atoms with Crippen molar-refractivity contribution in [2.24, 2.45) is 0 Å². The van der Waals surface area contributed by atoms with Crippen molar-refractivity contribution in [1.82, 2.24) is 20.4 Å². The first-order valence-corrected chi connectivity index (χ1v) is 10.6. The molecule has 1 fully saturated rings. The van der Waals surface area contributed by atoms with Gasteiger partial charge < -0.3 is 15.1 Å². The van der Waals surface area contributed by atoms with Crippen molar-refractivity contribution in [3.63, 3.8) is 0 Å². The maximum Gasteiger partial charge on any atom is 0.271 e. The van der Waals surface area contributed by atoms with Gasteiger partial charge >= 0.3 is 0 Å². The van der Waals surface area contributed by atoms with Crippen LogP contribution in [-0.4, -0.2) is 59.6 Å². The number of carbonyl (C=O) groups is 2. The molecule has 0 aliphatic carbocycles. The second-order valence-electron chi connectivity index (χ2n) is 6.99. The van der Waals surface area contributed by atoms with Crippen LogP contribution in [0, 0.1) is 5.82 Å². The Hall–Kier alpha value is -3.20. The second kappa shape index (κ2) is 9.08. The molecule has 0 unspecified atom stereocenters. The minimum absolute atomic E-state index is 0.00959. The summed E-state index contributed by atoms with van der Waals surface area (Å²) in [4.78, 5) is 29.7. The van der Waals surface area contributed by atoms with Gasteiger partial charge in [-0.15, -0.1) is 11.3 Å². The number of hydrogen-bond donors (Lipinski definition) is 2. The Labute approximate surface area is 177 Å². The molecular formula is C21H22FN5O2S. The van der Waals surface area contributed by atoms with Gasteiger partial charge in [-0.1, -0.05) is 6.07 Å². The van der Waals surface area contributed by atoms with Crippen molar-refractivity contribution in [1.29, 1.82) is 0 Å². The minimum atomic E-state index is -0.303. The summed E-state index contributed by atoms with van der Waals surface area (Å²) < 4.78 is 13.1. The lowest BCUT2D eigenvalue weighted by atomic mass is 10.2. The van der Waals surface area contributed by atoms with E-state index in [2.05, 4.69) is 20.4 Å². The number of nitrogens with zero attached hydrogens (tertiary/aromatic N) is 3. The van der Waals surface area contributed by atoms with E-state index in [1.165, 1.54) is 12.1 Å². The van der Waals surface area contributed by atoms with E-state index in [4.69, 9.17) is 0 Å². The van der Waals surface area contributed by atoms with Gasteiger partial charge in [-0.05, 0) is 41.8 Å². The number of thiophene rings is 1. The van der Waals surface area contributed by atoms with Gasteiger partial charge in [0.2, 0.25) is 5.91 Å². The van der Waals surface area contributed by atoms with E-state index in [1.807, 2.05) is 17.5 Å². The van der Waals surface area contributed by atoms with Crippen molar-refractivity contribution >= 4 is 28.8 Å². The SMILES string of the molecule is O=C(NCCC(=O)N1CCN(c2ccc(F)cc2)CC1)c1cc(-c2cccs2)[nH]n1. The maximum atomic E-state index is 13.1. The van der Waals surface area contributed by atoms with Crippen LogP contribution in [0.25, 0.3) is 10.6 Å². The zero-order valence-corrected chi connectivity index (χ0v) is 17.1. The molecule has 1 aliphatic rings. The summed E-state index contributed by atoms with van der Waals surface area (Å²) in [5.41, 5.74) is 2.06. The topological polar surface area (TPSA) is 81.3 Å². The van der Waals surface area contributed by atoms with Crippen molar-refractivity contribution in [3.8, 4) is 10.6 Å². The van der Waals surface area contributed by atoms with Gasteiger partial charge in [0.05, 0.1) is 10.6 Å². The van der Waals surface area contributed by atoms with E-state index in [0.29, 0.717) is 31.9 Å². The predicted molar refractivity (Wildman–Crippen MR) is 114 cm³/mol. The Morgan fingerprint density at radius 1 is 1.13 bits per heavy atom. The van der Waals surface area contributed by atoms with E-state index in [0.717, 1.165) is 16.3 Å². The molecule has 0 radical (unpaired) electrons. The third-order valence-electron chi connectivity index (χ3n) is 5.05. The molecule has 7 nitrogen and oxygen atoms in total. The highest BCUT2D eigenvalue weighted by molar-refractivity contribution is 7.13.